The number of hydrogen-bond acceptors (Lipinski definition) is 0. The lowest BCUT2D eigenvalue weighted by molar-refractivity contribution is -0.344. The number of nitrogens with zero attached hydrogens (tertiary/aromatic N) is 2. The predicted molar refractivity (Wildman–Crippen MR) is 133 cm³/mol. The van der Waals surface area contributed by atoms with Gasteiger partial charge < -0.3 is 5.53 Å². The highest BCUT2D eigenvalue weighted by molar-refractivity contribution is 5.78. The van der Waals surface area contributed by atoms with Gasteiger partial charge in [-0.3, -0.25) is 0 Å². The summed E-state index contributed by atoms with van der Waals surface area (Å²) >= 11 is 0. The van der Waals surface area contributed by atoms with Gasteiger partial charge in [0.25, 0.3) is 0 Å². The molecule has 31 heavy (non-hydrogen) atoms. The Kier molecular flexibility index (Phi) is 8.58. The fraction of sp³-hybridized carbons (Fsp3) is 0.379. The van der Waals surface area contributed by atoms with Crippen LogP contribution in [-0.4, -0.2) is 4.70 Å². The SMILES string of the molecule is CC=Cc1ccc(C2=CC(CCCC)=C(c3cccc(CCCCCC)c3)[N+]2=[N-])cc1. The van der Waals surface area contributed by atoms with Crippen molar-refractivity contribution in [1.82, 2.24) is 0 Å². The minimum atomic E-state index is 0.862. The van der Waals surface area contributed by atoms with E-state index in [0.29, 0.717) is 0 Å². The van der Waals surface area contributed by atoms with E-state index < -0.39 is 0 Å². The Bertz CT molecular complexity index is 974. The zero-order chi connectivity index (χ0) is 22.1. The molecule has 0 saturated carbocycles. The van der Waals surface area contributed by atoms with Crippen molar-refractivity contribution in [2.75, 3.05) is 0 Å². The van der Waals surface area contributed by atoms with Gasteiger partial charge >= 0.3 is 0 Å². The largest absolute Gasteiger partial charge is 0.493 e. The average Bonchev–Trinajstić information content (AvgIpc) is 3.12. The average molecular weight is 413 g/mol. The third kappa shape index (κ3) is 5.91. The highest BCUT2D eigenvalue weighted by Crippen LogP contribution is 2.37. The van der Waals surface area contributed by atoms with Gasteiger partial charge in [-0.05, 0) is 68.0 Å². The highest BCUT2D eigenvalue weighted by Gasteiger charge is 2.28. The minimum Gasteiger partial charge on any atom is -0.493 e. The summed E-state index contributed by atoms with van der Waals surface area (Å²) in [6, 6.07) is 17.1. The molecule has 2 aromatic rings. The number of aryl methyl sites for hydroxylation is 1. The summed E-state index contributed by atoms with van der Waals surface area (Å²) in [6.07, 6.45) is 15.7. The summed E-state index contributed by atoms with van der Waals surface area (Å²) in [6.45, 7) is 6.49. The van der Waals surface area contributed by atoms with Gasteiger partial charge in [0, 0.05) is 22.8 Å². The Morgan fingerprint density at radius 2 is 1.61 bits per heavy atom. The van der Waals surface area contributed by atoms with Crippen molar-refractivity contribution in [2.45, 2.75) is 72.1 Å². The first-order valence-electron chi connectivity index (χ1n) is 11.9. The monoisotopic (exact) mass is 412 g/mol. The zero-order valence-corrected chi connectivity index (χ0v) is 19.4. The van der Waals surface area contributed by atoms with E-state index in [1.165, 1.54) is 47.1 Å². The zero-order valence-electron chi connectivity index (χ0n) is 19.4. The summed E-state index contributed by atoms with van der Waals surface area (Å²) in [4.78, 5) is 0. The molecule has 0 N–H and O–H groups in total. The molecule has 1 aliphatic rings. The molecule has 0 aromatic heterocycles. The highest BCUT2D eigenvalue weighted by atomic mass is 15.2. The maximum absolute atomic E-state index is 11.2. The summed E-state index contributed by atoms with van der Waals surface area (Å²) in [5.41, 5.74) is 18.9. The van der Waals surface area contributed by atoms with Gasteiger partial charge in [0.1, 0.15) is 0 Å². The van der Waals surface area contributed by atoms with Crippen molar-refractivity contribution < 1.29 is 4.70 Å². The van der Waals surface area contributed by atoms with E-state index in [4.69, 9.17) is 0 Å². The molecule has 0 bridgehead atoms. The van der Waals surface area contributed by atoms with Crippen molar-refractivity contribution in [2.24, 2.45) is 0 Å². The van der Waals surface area contributed by atoms with Gasteiger partial charge in [0.15, 0.2) is 0 Å². The number of allylic oxidation sites excluding steroid dienone is 3. The maximum Gasteiger partial charge on any atom is 0.210 e. The lowest BCUT2D eigenvalue weighted by atomic mass is 9.99. The number of hydrogen-bond donors (Lipinski definition) is 0. The number of rotatable bonds is 11. The van der Waals surface area contributed by atoms with Crippen molar-refractivity contribution in [3.05, 3.63) is 94.0 Å². The van der Waals surface area contributed by atoms with Gasteiger partial charge in [-0.25, -0.2) is 4.70 Å². The second-order valence-corrected chi connectivity index (χ2v) is 8.45. The Morgan fingerprint density at radius 1 is 0.839 bits per heavy atom. The van der Waals surface area contributed by atoms with Crippen molar-refractivity contribution in [3.8, 4) is 0 Å². The van der Waals surface area contributed by atoms with E-state index in [1.54, 1.807) is 0 Å². The Morgan fingerprint density at radius 3 is 2.32 bits per heavy atom. The molecule has 0 unspecified atom stereocenters. The molecule has 1 aliphatic heterocycles. The normalized spacial score (nSPS) is 14.0. The molecule has 0 fully saturated rings. The van der Waals surface area contributed by atoms with Crippen LogP contribution in [-0.2, 0) is 6.42 Å². The van der Waals surface area contributed by atoms with E-state index in [-0.39, 0.29) is 0 Å². The van der Waals surface area contributed by atoms with Crippen LogP contribution in [0.1, 0.15) is 88.0 Å². The predicted octanol–water partition coefficient (Wildman–Crippen LogP) is 8.83. The van der Waals surface area contributed by atoms with Crippen LogP contribution in [0.15, 0.2) is 66.3 Å². The van der Waals surface area contributed by atoms with Crippen molar-refractivity contribution in [3.63, 3.8) is 0 Å². The van der Waals surface area contributed by atoms with E-state index >= 15 is 0 Å². The van der Waals surface area contributed by atoms with Crippen LogP contribution in [0, 0.1) is 0 Å². The Labute approximate surface area is 188 Å². The first-order chi connectivity index (χ1) is 15.2. The molecule has 0 atom stereocenters. The fourth-order valence-electron chi connectivity index (χ4n) is 4.21. The van der Waals surface area contributed by atoms with Crippen LogP contribution in [0.25, 0.3) is 23.0 Å². The molecule has 3 rings (SSSR count). The molecule has 0 aliphatic carbocycles. The van der Waals surface area contributed by atoms with Crippen LogP contribution in [0.4, 0.5) is 0 Å². The van der Waals surface area contributed by atoms with Crippen LogP contribution in [0.5, 0.6) is 0 Å². The van der Waals surface area contributed by atoms with Gasteiger partial charge in [0.2, 0.25) is 11.4 Å². The van der Waals surface area contributed by atoms with Crippen LogP contribution in [0.3, 0.4) is 0 Å². The summed E-state index contributed by atoms with van der Waals surface area (Å²) < 4.78 is 1.41. The van der Waals surface area contributed by atoms with Crippen molar-refractivity contribution >= 4 is 17.5 Å². The van der Waals surface area contributed by atoms with Crippen LogP contribution >= 0.6 is 0 Å². The third-order valence-corrected chi connectivity index (χ3v) is 5.94. The molecule has 0 radical (unpaired) electrons. The lowest BCUT2D eigenvalue weighted by Gasteiger charge is -2.11. The van der Waals surface area contributed by atoms with Gasteiger partial charge in [-0.1, -0.05) is 75.9 Å². The molecule has 2 aromatic carbocycles. The molecular formula is C29H36N2. The summed E-state index contributed by atoms with van der Waals surface area (Å²) in [5.74, 6) is 0. The molecule has 1 heterocycles. The molecule has 0 amide bonds. The first-order valence-corrected chi connectivity index (χ1v) is 11.9. The quantitative estimate of drug-likeness (QED) is 0.260. The minimum absolute atomic E-state index is 0.862. The fourth-order valence-corrected chi connectivity index (χ4v) is 4.21. The Hall–Kier alpha value is -2.74. The van der Waals surface area contributed by atoms with E-state index in [1.807, 2.05) is 13.0 Å². The van der Waals surface area contributed by atoms with Gasteiger partial charge in [0.05, 0.1) is 0 Å². The second kappa shape index (κ2) is 11.6. The topological polar surface area (TPSA) is 25.3 Å². The lowest BCUT2D eigenvalue weighted by Crippen LogP contribution is -2.03. The van der Waals surface area contributed by atoms with E-state index in [9.17, 15) is 5.53 Å². The molecule has 0 saturated heterocycles. The molecule has 2 nitrogen and oxygen atoms in total. The standard InChI is InChI=1S/C29H36N2/c1-4-7-9-10-13-24-14-11-16-26(21-24)29-27(15-8-5-2)22-28(31(29)30)25-19-17-23(12-6-3)18-20-25/h6,11-12,14,16-22H,4-5,7-10,13,15H2,1-3H3. The van der Waals surface area contributed by atoms with Gasteiger partial charge in [-0.15, -0.1) is 0 Å². The molecule has 162 valence electrons. The van der Waals surface area contributed by atoms with Crippen LogP contribution < -0.4 is 0 Å². The molecular weight excluding hydrogens is 376 g/mol. The van der Waals surface area contributed by atoms with Gasteiger partial charge in [-0.2, -0.15) is 0 Å². The van der Waals surface area contributed by atoms with E-state index in [2.05, 4.69) is 74.5 Å². The molecule has 0 spiro atoms. The second-order valence-electron chi connectivity index (χ2n) is 8.45. The molecule has 2 heteroatoms. The third-order valence-electron chi connectivity index (χ3n) is 5.94. The number of benzene rings is 2. The number of unbranched alkanes of at least 4 members (excludes halogenated alkanes) is 4. The summed E-state index contributed by atoms with van der Waals surface area (Å²) in [7, 11) is 0. The summed E-state index contributed by atoms with van der Waals surface area (Å²) in [5, 5.41) is 0. The van der Waals surface area contributed by atoms with Crippen molar-refractivity contribution in [1.29, 1.82) is 0 Å². The van der Waals surface area contributed by atoms with E-state index in [0.717, 1.165) is 48.2 Å². The van der Waals surface area contributed by atoms with Crippen LogP contribution in [0.2, 0.25) is 0 Å². The smallest absolute Gasteiger partial charge is 0.210 e. The maximum atomic E-state index is 11.2. The Balaban J connectivity index is 1.87. The first kappa shape index (κ1) is 22.9.